The van der Waals surface area contributed by atoms with E-state index in [1.807, 2.05) is 11.8 Å². The van der Waals surface area contributed by atoms with Gasteiger partial charge in [0.15, 0.2) is 5.69 Å². The molecule has 0 radical (unpaired) electrons. The van der Waals surface area contributed by atoms with Gasteiger partial charge in [0, 0.05) is 6.54 Å². The Morgan fingerprint density at radius 2 is 2.06 bits per heavy atom. The van der Waals surface area contributed by atoms with Crippen LogP contribution in [0.1, 0.15) is 36.2 Å². The van der Waals surface area contributed by atoms with Crippen molar-refractivity contribution in [3.05, 3.63) is 17.8 Å². The monoisotopic (exact) mass is 268 g/mol. The normalized spacial score (nSPS) is 10.3. The van der Waals surface area contributed by atoms with Gasteiger partial charge in [-0.15, -0.1) is 10.2 Å². The number of aromatic nitrogens is 2. The van der Waals surface area contributed by atoms with Crippen molar-refractivity contribution < 1.29 is 4.79 Å². The average molecular weight is 268 g/mol. The molecule has 3 N–H and O–H groups in total. The Labute approximate surface area is 112 Å². The van der Waals surface area contributed by atoms with Gasteiger partial charge < -0.3 is 11.1 Å². The van der Waals surface area contributed by atoms with Gasteiger partial charge in [-0.1, -0.05) is 12.8 Å². The number of thioether (sulfide) groups is 1. The maximum atomic E-state index is 11.6. The zero-order valence-corrected chi connectivity index (χ0v) is 11.5. The minimum absolute atomic E-state index is 0.188. The fraction of sp³-hybridized carbons (Fsp3) is 0.583. The summed E-state index contributed by atoms with van der Waals surface area (Å²) in [5.74, 6) is 1.35. The second-order valence-electron chi connectivity index (χ2n) is 4.01. The lowest BCUT2D eigenvalue weighted by atomic mass is 10.2. The van der Waals surface area contributed by atoms with Crippen LogP contribution < -0.4 is 11.1 Å². The molecule has 0 bridgehead atoms. The highest BCUT2D eigenvalue weighted by atomic mass is 32.2. The second-order valence-corrected chi connectivity index (χ2v) is 4.99. The lowest BCUT2D eigenvalue weighted by Crippen LogP contribution is -2.25. The Morgan fingerprint density at radius 1 is 1.28 bits per heavy atom. The molecule has 1 rings (SSSR count). The highest BCUT2D eigenvalue weighted by molar-refractivity contribution is 7.98. The molecule has 0 saturated heterocycles. The summed E-state index contributed by atoms with van der Waals surface area (Å²) in [4.78, 5) is 11.6. The van der Waals surface area contributed by atoms with E-state index in [-0.39, 0.29) is 5.91 Å². The van der Waals surface area contributed by atoms with Crippen LogP contribution in [0.3, 0.4) is 0 Å². The molecule has 0 spiro atoms. The summed E-state index contributed by atoms with van der Waals surface area (Å²) in [7, 11) is 0. The van der Waals surface area contributed by atoms with Crippen LogP contribution in [0, 0.1) is 0 Å². The van der Waals surface area contributed by atoms with E-state index in [1.165, 1.54) is 18.6 Å². The van der Waals surface area contributed by atoms with Crippen molar-refractivity contribution in [1.29, 1.82) is 0 Å². The molecule has 100 valence electrons. The van der Waals surface area contributed by atoms with Gasteiger partial charge in [-0.3, -0.25) is 4.79 Å². The summed E-state index contributed by atoms with van der Waals surface area (Å²) < 4.78 is 0. The van der Waals surface area contributed by atoms with Crippen LogP contribution in [0.4, 0.5) is 5.82 Å². The fourth-order valence-electron chi connectivity index (χ4n) is 1.48. The zero-order valence-electron chi connectivity index (χ0n) is 10.7. The Balaban J connectivity index is 2.12. The molecule has 0 aliphatic carbocycles. The molecular weight excluding hydrogens is 248 g/mol. The number of rotatable bonds is 8. The minimum Gasteiger partial charge on any atom is -0.382 e. The number of unbranched alkanes of at least 4 members (excludes halogenated alkanes) is 3. The molecule has 1 heterocycles. The van der Waals surface area contributed by atoms with E-state index >= 15 is 0 Å². The van der Waals surface area contributed by atoms with Crippen molar-refractivity contribution in [3.8, 4) is 0 Å². The maximum Gasteiger partial charge on any atom is 0.271 e. The summed E-state index contributed by atoms with van der Waals surface area (Å²) in [5, 5.41) is 10.2. The molecule has 1 aromatic heterocycles. The minimum atomic E-state index is -0.188. The molecule has 1 aromatic rings. The first kappa shape index (κ1) is 14.8. The Morgan fingerprint density at radius 3 is 2.72 bits per heavy atom. The molecule has 5 nitrogen and oxygen atoms in total. The smallest absolute Gasteiger partial charge is 0.271 e. The number of hydrogen-bond donors (Lipinski definition) is 2. The lowest BCUT2D eigenvalue weighted by Gasteiger charge is -2.04. The molecule has 0 unspecified atom stereocenters. The van der Waals surface area contributed by atoms with E-state index in [4.69, 9.17) is 5.73 Å². The Hall–Kier alpha value is -1.30. The van der Waals surface area contributed by atoms with Crippen LogP contribution in [0.25, 0.3) is 0 Å². The Bertz CT molecular complexity index is 356. The highest BCUT2D eigenvalue weighted by Crippen LogP contribution is 2.04. The Kier molecular flexibility index (Phi) is 7.17. The number of amides is 1. The third-order valence-electron chi connectivity index (χ3n) is 2.48. The van der Waals surface area contributed by atoms with Crippen LogP contribution in [0.5, 0.6) is 0 Å². The third-order valence-corrected chi connectivity index (χ3v) is 3.18. The topological polar surface area (TPSA) is 80.9 Å². The molecule has 6 heteroatoms. The maximum absolute atomic E-state index is 11.6. The number of nitrogens with two attached hydrogens (primary N) is 1. The number of nitrogen functional groups attached to an aromatic ring is 1. The van der Waals surface area contributed by atoms with Crippen molar-refractivity contribution in [2.24, 2.45) is 0 Å². The molecule has 0 saturated carbocycles. The summed E-state index contributed by atoms with van der Waals surface area (Å²) in [6.45, 7) is 0.685. The average Bonchev–Trinajstić information content (AvgIpc) is 2.38. The third kappa shape index (κ3) is 5.86. The summed E-state index contributed by atoms with van der Waals surface area (Å²) in [6.07, 6.45) is 6.74. The van der Waals surface area contributed by atoms with Crippen LogP contribution >= 0.6 is 11.8 Å². The zero-order chi connectivity index (χ0) is 13.2. The number of carbonyl (C=O) groups is 1. The van der Waals surface area contributed by atoms with Crippen LogP contribution in [0.2, 0.25) is 0 Å². The van der Waals surface area contributed by atoms with Crippen molar-refractivity contribution in [2.75, 3.05) is 24.3 Å². The van der Waals surface area contributed by atoms with E-state index in [2.05, 4.69) is 21.8 Å². The molecule has 18 heavy (non-hydrogen) atoms. The van der Waals surface area contributed by atoms with Gasteiger partial charge in [0.2, 0.25) is 0 Å². The van der Waals surface area contributed by atoms with E-state index in [9.17, 15) is 4.79 Å². The lowest BCUT2D eigenvalue weighted by molar-refractivity contribution is 0.0947. The van der Waals surface area contributed by atoms with Crippen LogP contribution in [-0.4, -0.2) is 34.7 Å². The SMILES string of the molecule is CSCCCCCCNC(=O)c1ccc(N)nn1. The summed E-state index contributed by atoms with van der Waals surface area (Å²) in [6, 6.07) is 3.15. The van der Waals surface area contributed by atoms with Crippen molar-refractivity contribution in [3.63, 3.8) is 0 Å². The van der Waals surface area contributed by atoms with Crippen LogP contribution in [-0.2, 0) is 0 Å². The predicted octanol–water partition coefficient (Wildman–Crippen LogP) is 1.71. The summed E-state index contributed by atoms with van der Waals surface area (Å²) in [5.41, 5.74) is 5.71. The molecule has 0 atom stereocenters. The van der Waals surface area contributed by atoms with Crippen LogP contribution in [0.15, 0.2) is 12.1 Å². The summed E-state index contributed by atoms with van der Waals surface area (Å²) >= 11 is 1.87. The molecule has 0 aromatic carbocycles. The van der Waals surface area contributed by atoms with Gasteiger partial charge in [-0.05, 0) is 37.0 Å². The van der Waals surface area contributed by atoms with Crippen molar-refractivity contribution >= 4 is 23.5 Å². The quantitative estimate of drug-likeness (QED) is 0.702. The van der Waals surface area contributed by atoms with Gasteiger partial charge in [0.1, 0.15) is 5.82 Å². The number of nitrogens with one attached hydrogen (secondary N) is 1. The largest absolute Gasteiger partial charge is 0.382 e. The van der Waals surface area contributed by atoms with Crippen molar-refractivity contribution in [2.45, 2.75) is 25.7 Å². The van der Waals surface area contributed by atoms with Gasteiger partial charge in [0.25, 0.3) is 5.91 Å². The predicted molar refractivity (Wildman–Crippen MR) is 75.6 cm³/mol. The first-order valence-corrected chi connectivity index (χ1v) is 7.50. The standard InChI is InChI=1S/C12H20N4OS/c1-18-9-5-3-2-4-8-14-12(17)10-6-7-11(13)16-15-10/h6-7H,2-5,8-9H2,1H3,(H2,13,16)(H,14,17). The number of nitrogens with zero attached hydrogens (tertiary/aromatic N) is 2. The number of anilines is 1. The molecule has 0 aliphatic heterocycles. The second kappa shape index (κ2) is 8.74. The number of carbonyl (C=O) groups excluding carboxylic acids is 1. The van der Waals surface area contributed by atoms with Gasteiger partial charge in [-0.2, -0.15) is 11.8 Å². The molecule has 0 fully saturated rings. The first-order chi connectivity index (χ1) is 8.74. The first-order valence-electron chi connectivity index (χ1n) is 6.10. The van der Waals surface area contributed by atoms with E-state index < -0.39 is 0 Å². The molecule has 1 amide bonds. The highest BCUT2D eigenvalue weighted by Gasteiger charge is 2.06. The van der Waals surface area contributed by atoms with E-state index in [0.29, 0.717) is 18.1 Å². The van der Waals surface area contributed by atoms with Gasteiger partial charge >= 0.3 is 0 Å². The van der Waals surface area contributed by atoms with Gasteiger partial charge in [0.05, 0.1) is 0 Å². The molecule has 0 aliphatic rings. The van der Waals surface area contributed by atoms with E-state index in [0.717, 1.165) is 12.8 Å². The van der Waals surface area contributed by atoms with E-state index in [1.54, 1.807) is 12.1 Å². The van der Waals surface area contributed by atoms with Gasteiger partial charge in [-0.25, -0.2) is 0 Å². The fourth-order valence-corrected chi connectivity index (χ4v) is 1.97. The molecular formula is C12H20N4OS. The van der Waals surface area contributed by atoms with Crippen molar-refractivity contribution in [1.82, 2.24) is 15.5 Å². The number of hydrogen-bond acceptors (Lipinski definition) is 5.